The quantitative estimate of drug-likeness (QED) is 0.510. The van der Waals surface area contributed by atoms with Crippen LogP contribution in [0.15, 0.2) is 29.6 Å². The van der Waals surface area contributed by atoms with Gasteiger partial charge in [0.15, 0.2) is 5.67 Å². The van der Waals surface area contributed by atoms with Crippen LogP contribution in [0.5, 0.6) is 0 Å². The maximum atomic E-state index is 14.3. The summed E-state index contributed by atoms with van der Waals surface area (Å²) in [4.78, 5) is 41.7. The van der Waals surface area contributed by atoms with Crippen LogP contribution in [-0.4, -0.2) is 58.1 Å². The Kier molecular flexibility index (Phi) is 7.50. The van der Waals surface area contributed by atoms with Crippen LogP contribution in [0, 0.1) is 19.3 Å². The van der Waals surface area contributed by atoms with E-state index >= 15 is 0 Å². The lowest BCUT2D eigenvalue weighted by molar-refractivity contribution is -0.145. The zero-order valence-electron chi connectivity index (χ0n) is 22.1. The number of carbonyl (C=O) groups is 3. The first-order valence-corrected chi connectivity index (χ1v) is 13.6. The summed E-state index contributed by atoms with van der Waals surface area (Å²) in [5, 5.41) is 17.9. The third-order valence-electron chi connectivity index (χ3n) is 7.27. The van der Waals surface area contributed by atoms with Gasteiger partial charge in [0.05, 0.1) is 6.10 Å². The topological polar surface area (TPSA) is 98.7 Å². The fraction of sp³-hybridized carbons (Fsp3) is 0.536. The second-order valence-corrected chi connectivity index (χ2v) is 12.3. The minimum Gasteiger partial charge on any atom is -0.391 e. The fourth-order valence-electron chi connectivity index (χ4n) is 4.72. The number of halogens is 1. The number of hydrogen-bond acceptors (Lipinski definition) is 5. The molecule has 0 radical (unpaired) electrons. The lowest BCUT2D eigenvalue weighted by Crippen LogP contribution is -2.59. The second kappa shape index (κ2) is 10.2. The van der Waals surface area contributed by atoms with E-state index in [1.807, 2.05) is 19.1 Å². The number of rotatable bonds is 7. The van der Waals surface area contributed by atoms with Crippen LogP contribution in [0.4, 0.5) is 4.39 Å². The summed E-state index contributed by atoms with van der Waals surface area (Å²) in [6.07, 6.45) is -0.470. The Balaban J connectivity index is 1.45. The smallest absolute Gasteiger partial charge is 0.258 e. The Morgan fingerprint density at radius 3 is 2.46 bits per heavy atom. The summed E-state index contributed by atoms with van der Waals surface area (Å²) in [5.41, 5.74) is 1.72. The van der Waals surface area contributed by atoms with Gasteiger partial charge in [0.1, 0.15) is 12.1 Å². The molecule has 1 aliphatic carbocycles. The lowest BCUT2D eigenvalue weighted by atomic mass is 9.85. The first-order valence-electron chi connectivity index (χ1n) is 12.7. The molecule has 3 atom stereocenters. The molecule has 0 spiro atoms. The average Bonchev–Trinajstić information content (AvgIpc) is 3.23. The molecule has 200 valence electrons. The van der Waals surface area contributed by atoms with Crippen molar-refractivity contribution in [3.05, 3.63) is 46.3 Å². The number of alkyl halides is 1. The molecule has 1 aliphatic heterocycles. The van der Waals surface area contributed by atoms with E-state index in [1.165, 1.54) is 15.3 Å². The predicted molar refractivity (Wildman–Crippen MR) is 142 cm³/mol. The maximum Gasteiger partial charge on any atom is 0.258 e. The molecule has 1 aromatic heterocycles. The molecule has 2 aromatic rings. The summed E-state index contributed by atoms with van der Waals surface area (Å²) in [7, 11) is 0. The van der Waals surface area contributed by atoms with Gasteiger partial charge in [-0.05, 0) is 65.8 Å². The van der Waals surface area contributed by atoms with Crippen molar-refractivity contribution in [1.82, 2.24) is 15.5 Å². The van der Waals surface area contributed by atoms with Gasteiger partial charge in [0, 0.05) is 24.4 Å². The number of β-amino-alcohol motifs (C(OH)–C–C–N with tert-alkyl or cyclic N) is 1. The van der Waals surface area contributed by atoms with Crippen molar-refractivity contribution in [2.75, 3.05) is 6.54 Å². The fourth-order valence-corrected chi connectivity index (χ4v) is 5.65. The molecular weight excluding hydrogens is 493 g/mol. The number of amides is 3. The first kappa shape index (κ1) is 27.3. The second-order valence-electron chi connectivity index (χ2n) is 11.4. The van der Waals surface area contributed by atoms with Gasteiger partial charge in [0.2, 0.25) is 11.8 Å². The molecule has 0 bridgehead atoms. The van der Waals surface area contributed by atoms with Crippen LogP contribution in [-0.2, 0) is 20.9 Å². The molecule has 2 fully saturated rings. The highest BCUT2D eigenvalue weighted by atomic mass is 32.1. The van der Waals surface area contributed by atoms with E-state index in [0.717, 1.165) is 16.7 Å². The minimum atomic E-state index is -1.92. The molecule has 3 amide bonds. The molecule has 7 nitrogen and oxygen atoms in total. The van der Waals surface area contributed by atoms with E-state index in [2.05, 4.69) is 35.1 Å². The van der Waals surface area contributed by atoms with Crippen molar-refractivity contribution in [3.63, 3.8) is 0 Å². The van der Waals surface area contributed by atoms with E-state index in [9.17, 15) is 23.9 Å². The van der Waals surface area contributed by atoms with E-state index < -0.39 is 41.1 Å². The van der Waals surface area contributed by atoms with Crippen molar-refractivity contribution in [2.45, 2.75) is 84.3 Å². The molecule has 37 heavy (non-hydrogen) atoms. The van der Waals surface area contributed by atoms with Gasteiger partial charge in [-0.1, -0.05) is 39.0 Å². The third-order valence-corrected chi connectivity index (χ3v) is 8.33. The molecule has 9 heteroatoms. The van der Waals surface area contributed by atoms with Gasteiger partial charge in [-0.3, -0.25) is 14.4 Å². The summed E-state index contributed by atoms with van der Waals surface area (Å²) in [6.45, 7) is 9.67. The van der Waals surface area contributed by atoms with Gasteiger partial charge >= 0.3 is 0 Å². The van der Waals surface area contributed by atoms with Crippen LogP contribution in [0.2, 0.25) is 0 Å². The summed E-state index contributed by atoms with van der Waals surface area (Å²) >= 11 is 1.69. The summed E-state index contributed by atoms with van der Waals surface area (Å²) in [6, 6.07) is 6.32. The molecule has 2 aliphatic rings. The molecule has 1 aromatic carbocycles. The van der Waals surface area contributed by atoms with Crippen LogP contribution in [0.1, 0.15) is 56.7 Å². The van der Waals surface area contributed by atoms with Gasteiger partial charge in [0.25, 0.3) is 5.91 Å². The number of carbonyl (C=O) groups excluding carboxylic acids is 3. The minimum absolute atomic E-state index is 0.0198. The predicted octanol–water partition coefficient (Wildman–Crippen LogP) is 3.64. The van der Waals surface area contributed by atoms with Crippen molar-refractivity contribution in [1.29, 1.82) is 0 Å². The van der Waals surface area contributed by atoms with Crippen LogP contribution >= 0.6 is 11.3 Å². The third kappa shape index (κ3) is 5.88. The first-order chi connectivity index (χ1) is 17.3. The molecule has 1 saturated heterocycles. The molecule has 1 saturated carbocycles. The number of nitrogens with one attached hydrogen (secondary N) is 2. The molecule has 2 heterocycles. The Morgan fingerprint density at radius 1 is 1.19 bits per heavy atom. The molecule has 0 unspecified atom stereocenters. The van der Waals surface area contributed by atoms with Gasteiger partial charge in [-0.15, -0.1) is 11.3 Å². The number of nitrogens with zero attached hydrogens (tertiary/aromatic N) is 1. The lowest BCUT2D eigenvalue weighted by Gasteiger charge is -2.35. The normalized spacial score (nSPS) is 21.4. The van der Waals surface area contributed by atoms with Crippen LogP contribution in [0.3, 0.4) is 0 Å². The number of likely N-dealkylation sites (tertiary alicyclic amines) is 1. The largest absolute Gasteiger partial charge is 0.391 e. The highest BCUT2D eigenvalue weighted by molar-refractivity contribution is 7.13. The van der Waals surface area contributed by atoms with E-state index in [1.54, 1.807) is 32.1 Å². The zero-order valence-corrected chi connectivity index (χ0v) is 22.9. The van der Waals surface area contributed by atoms with Crippen LogP contribution < -0.4 is 10.6 Å². The Morgan fingerprint density at radius 2 is 1.89 bits per heavy atom. The van der Waals surface area contributed by atoms with Gasteiger partial charge in [-0.25, -0.2) is 4.39 Å². The monoisotopic (exact) mass is 529 g/mol. The van der Waals surface area contributed by atoms with Gasteiger partial charge in [-0.2, -0.15) is 0 Å². The van der Waals surface area contributed by atoms with E-state index in [-0.39, 0.29) is 38.3 Å². The maximum absolute atomic E-state index is 14.3. The molecule has 4 rings (SSSR count). The number of benzene rings is 1. The highest BCUT2D eigenvalue weighted by Crippen LogP contribution is 2.40. The van der Waals surface area contributed by atoms with Crippen molar-refractivity contribution < 1.29 is 23.9 Å². The highest BCUT2D eigenvalue weighted by Gasteiger charge is 2.53. The Hall–Kier alpha value is -2.78. The number of thiophene rings is 1. The van der Waals surface area contributed by atoms with Gasteiger partial charge < -0.3 is 20.6 Å². The zero-order chi connectivity index (χ0) is 27.1. The standard InChI is InChI=1S/C28H36FN3O4S/c1-16-8-11-37-22(16)18-6-7-19(17(2)12-18)14-30-24(34)21-13-20(33)15-32(21)25(35)23(27(3,4)5)31-26(36)28(29)9-10-28/h6-8,11-12,20-21,23,33H,9-10,13-15H2,1-5H3,(H,30,34)(H,31,36)/t20-,21+,23-/m1/s1. The Bertz CT molecular complexity index is 1200. The van der Waals surface area contributed by atoms with Crippen LogP contribution in [0.25, 0.3) is 10.4 Å². The van der Waals surface area contributed by atoms with E-state index in [4.69, 9.17) is 0 Å². The SMILES string of the molecule is Cc1cc(-c2sccc2C)ccc1CNC(=O)[C@@H]1C[C@@H](O)CN1C(=O)[C@@H](NC(=O)C1(F)CC1)C(C)(C)C. The number of hydrogen-bond donors (Lipinski definition) is 3. The molecule has 3 N–H and O–H groups in total. The Labute approximate surface area is 221 Å². The van der Waals surface area contributed by atoms with Crippen molar-refractivity contribution >= 4 is 29.1 Å². The summed E-state index contributed by atoms with van der Waals surface area (Å²) < 4.78 is 14.3. The average molecular weight is 530 g/mol. The van der Waals surface area contributed by atoms with Crippen molar-refractivity contribution in [3.8, 4) is 10.4 Å². The van der Waals surface area contributed by atoms with Crippen molar-refractivity contribution in [2.24, 2.45) is 5.41 Å². The van der Waals surface area contributed by atoms with E-state index in [0.29, 0.717) is 0 Å². The number of aliphatic hydroxyl groups excluding tert-OH is 1. The summed E-state index contributed by atoms with van der Waals surface area (Å²) in [5.74, 6) is -1.66. The number of aliphatic hydroxyl groups is 1. The number of aryl methyl sites for hydroxylation is 2. The molecular formula is C28H36FN3O4S.